The van der Waals surface area contributed by atoms with Crippen LogP contribution < -0.4 is 0 Å². The molecule has 0 aliphatic heterocycles. The Morgan fingerprint density at radius 2 is 1.36 bits per heavy atom. The molecule has 3 fully saturated rings. The number of fused-ring (bicyclic) bond motifs is 1. The fourth-order valence-electron chi connectivity index (χ4n) is 6.89. The fraction of sp³-hybridized carbons (Fsp3) is 0.786. The third-order valence-corrected chi connectivity index (χ3v) is 8.83. The zero-order chi connectivity index (χ0) is 19.3. The molecule has 4 unspecified atom stereocenters. The molecule has 0 heterocycles. The molecule has 3 saturated carbocycles. The molecule has 0 saturated heterocycles. The van der Waals surface area contributed by atoms with Crippen molar-refractivity contribution in [1.82, 2.24) is 0 Å². The van der Waals surface area contributed by atoms with E-state index < -0.39 is 0 Å². The van der Waals surface area contributed by atoms with Crippen molar-refractivity contribution >= 4 is 0 Å². The van der Waals surface area contributed by atoms with E-state index in [2.05, 4.69) is 38.1 Å². The minimum absolute atomic E-state index is 0.845. The monoisotopic (exact) mass is 380 g/mol. The van der Waals surface area contributed by atoms with Gasteiger partial charge in [0.1, 0.15) is 0 Å². The van der Waals surface area contributed by atoms with Gasteiger partial charge in [-0.05, 0) is 85.2 Å². The van der Waals surface area contributed by atoms with Gasteiger partial charge >= 0.3 is 0 Å². The fourth-order valence-corrected chi connectivity index (χ4v) is 6.89. The Morgan fingerprint density at radius 3 is 2.11 bits per heavy atom. The van der Waals surface area contributed by atoms with Gasteiger partial charge in [0.05, 0.1) is 0 Å². The number of benzene rings is 1. The van der Waals surface area contributed by atoms with Crippen molar-refractivity contribution in [2.24, 2.45) is 29.6 Å². The van der Waals surface area contributed by atoms with Crippen LogP contribution in [0.15, 0.2) is 24.3 Å². The van der Waals surface area contributed by atoms with Crippen LogP contribution in [0.2, 0.25) is 0 Å². The zero-order valence-corrected chi connectivity index (χ0v) is 18.7. The number of hydrogen-bond acceptors (Lipinski definition) is 0. The largest absolute Gasteiger partial charge is 0.0651 e. The molecule has 0 amide bonds. The summed E-state index contributed by atoms with van der Waals surface area (Å²) in [5.41, 5.74) is 3.15. The zero-order valence-electron chi connectivity index (χ0n) is 18.7. The van der Waals surface area contributed by atoms with Crippen LogP contribution >= 0.6 is 0 Å². The van der Waals surface area contributed by atoms with Crippen molar-refractivity contribution in [2.45, 2.75) is 110 Å². The summed E-state index contributed by atoms with van der Waals surface area (Å²) in [4.78, 5) is 0. The molecule has 0 nitrogen and oxygen atoms in total. The molecule has 0 radical (unpaired) electrons. The Labute approximate surface area is 174 Å². The van der Waals surface area contributed by atoms with Gasteiger partial charge in [-0.2, -0.15) is 0 Å². The van der Waals surface area contributed by atoms with Gasteiger partial charge in [0.15, 0.2) is 0 Å². The quantitative estimate of drug-likeness (QED) is 0.463. The summed E-state index contributed by atoms with van der Waals surface area (Å²) in [6, 6.07) is 9.70. The van der Waals surface area contributed by atoms with E-state index >= 15 is 0 Å². The summed E-state index contributed by atoms with van der Waals surface area (Å²) in [6.07, 6.45) is 20.7. The number of hydrogen-bond donors (Lipinski definition) is 0. The van der Waals surface area contributed by atoms with Crippen LogP contribution in [-0.4, -0.2) is 0 Å². The molecule has 4 atom stereocenters. The minimum atomic E-state index is 0.845. The van der Waals surface area contributed by atoms with Gasteiger partial charge in [-0.15, -0.1) is 0 Å². The van der Waals surface area contributed by atoms with Crippen LogP contribution in [0.4, 0.5) is 0 Å². The summed E-state index contributed by atoms with van der Waals surface area (Å²) >= 11 is 0. The van der Waals surface area contributed by atoms with Crippen LogP contribution in [0, 0.1) is 29.6 Å². The first-order valence-corrected chi connectivity index (χ1v) is 12.8. The van der Waals surface area contributed by atoms with Gasteiger partial charge < -0.3 is 0 Å². The van der Waals surface area contributed by atoms with Gasteiger partial charge in [-0.25, -0.2) is 0 Å². The molecular weight excluding hydrogens is 336 g/mol. The second-order valence-electron chi connectivity index (χ2n) is 10.9. The lowest BCUT2D eigenvalue weighted by Crippen LogP contribution is -2.30. The second-order valence-corrected chi connectivity index (χ2v) is 10.9. The van der Waals surface area contributed by atoms with Crippen molar-refractivity contribution in [3.63, 3.8) is 0 Å². The molecule has 3 aliphatic carbocycles. The van der Waals surface area contributed by atoms with Crippen LogP contribution in [0.1, 0.15) is 114 Å². The SMILES string of the molecule is CCCc1ccc(C2CCC3CC(CCC4CCC(C)CC4)CCC3C2)cc1. The molecule has 1 aromatic rings. The molecule has 0 spiro atoms. The Bertz CT molecular complexity index is 577. The average molecular weight is 381 g/mol. The van der Waals surface area contributed by atoms with Crippen molar-refractivity contribution in [3.8, 4) is 0 Å². The summed E-state index contributed by atoms with van der Waals surface area (Å²) in [7, 11) is 0. The lowest BCUT2D eigenvalue weighted by molar-refractivity contribution is 0.109. The number of rotatable bonds is 6. The molecule has 156 valence electrons. The second kappa shape index (κ2) is 9.82. The first-order valence-electron chi connectivity index (χ1n) is 12.8. The standard InChI is InChI=1S/C28H44/c1-3-4-22-11-14-25(15-12-22)27-18-17-26-19-24(13-16-28(26)20-27)10-9-23-7-5-21(2)6-8-23/h11-12,14-15,21,23-24,26-28H,3-10,13,16-20H2,1-2H3. The summed E-state index contributed by atoms with van der Waals surface area (Å²) < 4.78 is 0. The highest BCUT2D eigenvalue weighted by Crippen LogP contribution is 2.48. The maximum atomic E-state index is 2.45. The lowest BCUT2D eigenvalue weighted by Gasteiger charge is -2.42. The molecule has 0 N–H and O–H groups in total. The van der Waals surface area contributed by atoms with E-state index in [9.17, 15) is 0 Å². The van der Waals surface area contributed by atoms with Crippen molar-refractivity contribution in [1.29, 1.82) is 0 Å². The Balaban J connectivity index is 1.23. The first-order chi connectivity index (χ1) is 13.7. The third-order valence-electron chi connectivity index (χ3n) is 8.83. The highest BCUT2D eigenvalue weighted by Gasteiger charge is 2.36. The Morgan fingerprint density at radius 1 is 0.714 bits per heavy atom. The van der Waals surface area contributed by atoms with Crippen molar-refractivity contribution in [2.75, 3.05) is 0 Å². The number of aryl methyl sites for hydroxylation is 1. The van der Waals surface area contributed by atoms with Gasteiger partial charge in [0.2, 0.25) is 0 Å². The molecule has 3 aliphatic rings. The van der Waals surface area contributed by atoms with E-state index in [0.717, 1.165) is 35.5 Å². The topological polar surface area (TPSA) is 0 Å². The molecule has 1 aromatic carbocycles. The molecule has 0 bridgehead atoms. The van der Waals surface area contributed by atoms with E-state index in [1.807, 2.05) is 0 Å². The predicted molar refractivity (Wildman–Crippen MR) is 122 cm³/mol. The van der Waals surface area contributed by atoms with E-state index in [1.165, 1.54) is 76.2 Å². The van der Waals surface area contributed by atoms with E-state index in [1.54, 1.807) is 24.8 Å². The third kappa shape index (κ3) is 5.22. The average Bonchev–Trinajstić information content (AvgIpc) is 2.74. The van der Waals surface area contributed by atoms with Crippen molar-refractivity contribution < 1.29 is 0 Å². The van der Waals surface area contributed by atoms with Crippen LogP contribution in [-0.2, 0) is 6.42 Å². The van der Waals surface area contributed by atoms with E-state index in [0.29, 0.717) is 0 Å². The maximum Gasteiger partial charge on any atom is -0.0159 e. The van der Waals surface area contributed by atoms with Crippen LogP contribution in [0.5, 0.6) is 0 Å². The maximum absolute atomic E-state index is 2.45. The summed E-state index contributed by atoms with van der Waals surface area (Å²) in [5, 5.41) is 0. The van der Waals surface area contributed by atoms with E-state index in [-0.39, 0.29) is 0 Å². The van der Waals surface area contributed by atoms with E-state index in [4.69, 9.17) is 0 Å². The van der Waals surface area contributed by atoms with Gasteiger partial charge in [0, 0.05) is 0 Å². The molecular formula is C28H44. The highest BCUT2D eigenvalue weighted by atomic mass is 14.4. The predicted octanol–water partition coefficient (Wildman–Crippen LogP) is 8.55. The summed E-state index contributed by atoms with van der Waals surface area (Å²) in [5.74, 6) is 6.06. The highest BCUT2D eigenvalue weighted by molar-refractivity contribution is 5.26. The lowest BCUT2D eigenvalue weighted by atomic mass is 9.63. The summed E-state index contributed by atoms with van der Waals surface area (Å²) in [6.45, 7) is 4.73. The van der Waals surface area contributed by atoms with Gasteiger partial charge in [-0.1, -0.05) is 89.5 Å². The van der Waals surface area contributed by atoms with Gasteiger partial charge in [0.25, 0.3) is 0 Å². The van der Waals surface area contributed by atoms with Gasteiger partial charge in [-0.3, -0.25) is 0 Å². The molecule has 4 rings (SSSR count). The minimum Gasteiger partial charge on any atom is -0.0651 e. The molecule has 0 aromatic heterocycles. The first kappa shape index (κ1) is 20.5. The Kier molecular flexibility index (Phi) is 7.18. The molecule has 28 heavy (non-hydrogen) atoms. The van der Waals surface area contributed by atoms with Crippen molar-refractivity contribution in [3.05, 3.63) is 35.4 Å². The normalized spacial score (nSPS) is 36.1. The Hall–Kier alpha value is -0.780. The van der Waals surface area contributed by atoms with Crippen LogP contribution in [0.25, 0.3) is 0 Å². The van der Waals surface area contributed by atoms with Crippen LogP contribution in [0.3, 0.4) is 0 Å². The molecule has 0 heteroatoms. The smallest absolute Gasteiger partial charge is 0.0159 e.